The van der Waals surface area contributed by atoms with E-state index < -0.39 is 0 Å². The molecule has 0 atom stereocenters. The van der Waals surface area contributed by atoms with E-state index in [4.69, 9.17) is 5.26 Å². The van der Waals surface area contributed by atoms with Crippen LogP contribution in [0.2, 0.25) is 0 Å². The second kappa shape index (κ2) is 5.10. The molecule has 5 nitrogen and oxygen atoms in total. The molecule has 3 aromatic rings. The number of carbonyl (C=O) groups is 1. The minimum atomic E-state index is -0.267. The Labute approximate surface area is 121 Å². The summed E-state index contributed by atoms with van der Waals surface area (Å²) in [5, 5.41) is 16.6. The molecular weight excluding hydrogens is 264 g/mol. The van der Waals surface area contributed by atoms with Crippen LogP contribution in [-0.4, -0.2) is 15.7 Å². The number of rotatable bonds is 2. The first-order chi connectivity index (χ1) is 10.2. The number of nitrogens with one attached hydrogen (secondary N) is 1. The Morgan fingerprint density at radius 2 is 1.90 bits per heavy atom. The maximum Gasteiger partial charge on any atom is 0.276 e. The monoisotopic (exact) mass is 276 g/mol. The molecule has 0 saturated heterocycles. The van der Waals surface area contributed by atoms with Gasteiger partial charge in [-0.2, -0.15) is 10.4 Å². The van der Waals surface area contributed by atoms with E-state index in [-0.39, 0.29) is 5.91 Å². The summed E-state index contributed by atoms with van der Waals surface area (Å²) in [6, 6.07) is 16.3. The van der Waals surface area contributed by atoms with Crippen LogP contribution < -0.4 is 5.32 Å². The number of anilines is 1. The van der Waals surface area contributed by atoms with Crippen LogP contribution in [0.5, 0.6) is 0 Å². The van der Waals surface area contributed by atoms with E-state index in [0.717, 1.165) is 10.9 Å². The van der Waals surface area contributed by atoms with Crippen molar-refractivity contribution in [3.63, 3.8) is 0 Å². The van der Waals surface area contributed by atoms with Gasteiger partial charge in [-0.3, -0.25) is 9.48 Å². The van der Waals surface area contributed by atoms with Gasteiger partial charge >= 0.3 is 0 Å². The molecule has 5 heteroatoms. The van der Waals surface area contributed by atoms with E-state index in [9.17, 15) is 4.79 Å². The quantitative estimate of drug-likeness (QED) is 0.782. The fourth-order valence-corrected chi connectivity index (χ4v) is 2.20. The zero-order valence-electron chi connectivity index (χ0n) is 11.4. The van der Waals surface area contributed by atoms with Gasteiger partial charge in [-0.05, 0) is 30.3 Å². The molecule has 0 aliphatic heterocycles. The van der Waals surface area contributed by atoms with Crippen molar-refractivity contribution in [3.05, 3.63) is 59.8 Å². The molecule has 1 aromatic heterocycles. The number of amides is 1. The largest absolute Gasteiger partial charge is 0.321 e. The maximum atomic E-state index is 12.3. The predicted octanol–water partition coefficient (Wildman–Crippen LogP) is 2.70. The molecule has 0 aliphatic carbocycles. The van der Waals surface area contributed by atoms with Crippen molar-refractivity contribution in [2.75, 3.05) is 5.32 Å². The number of fused-ring (bicyclic) bond motifs is 1. The molecular formula is C16H12N4O. The minimum absolute atomic E-state index is 0.267. The van der Waals surface area contributed by atoms with Crippen molar-refractivity contribution in [3.8, 4) is 6.07 Å². The van der Waals surface area contributed by atoms with Gasteiger partial charge in [0.2, 0.25) is 0 Å². The summed E-state index contributed by atoms with van der Waals surface area (Å²) in [7, 11) is 1.81. The van der Waals surface area contributed by atoms with Crippen molar-refractivity contribution in [1.82, 2.24) is 9.78 Å². The molecule has 0 aliphatic rings. The highest BCUT2D eigenvalue weighted by atomic mass is 16.1. The Hall–Kier alpha value is -3.13. The molecule has 0 spiro atoms. The lowest BCUT2D eigenvalue weighted by Gasteiger charge is -2.03. The number of hydrogen-bond donors (Lipinski definition) is 1. The van der Waals surface area contributed by atoms with E-state index >= 15 is 0 Å². The molecule has 3 rings (SSSR count). The first kappa shape index (κ1) is 12.9. The Kier molecular flexibility index (Phi) is 3.13. The highest BCUT2D eigenvalue weighted by Gasteiger charge is 2.15. The number of aromatic nitrogens is 2. The topological polar surface area (TPSA) is 70.7 Å². The second-order valence-electron chi connectivity index (χ2n) is 4.63. The molecule has 0 radical (unpaired) electrons. The average molecular weight is 276 g/mol. The smallest absolute Gasteiger partial charge is 0.276 e. The van der Waals surface area contributed by atoms with E-state index in [1.54, 1.807) is 36.0 Å². The first-order valence-electron chi connectivity index (χ1n) is 6.42. The van der Waals surface area contributed by atoms with Crippen molar-refractivity contribution in [1.29, 1.82) is 5.26 Å². The predicted molar refractivity (Wildman–Crippen MR) is 79.8 cm³/mol. The normalized spacial score (nSPS) is 10.3. The van der Waals surface area contributed by atoms with Gasteiger partial charge < -0.3 is 5.32 Å². The lowest BCUT2D eigenvalue weighted by molar-refractivity contribution is 0.102. The standard InChI is InChI=1S/C16H12N4O/c1-20-14-5-3-2-4-13(14)15(19-20)16(21)18-12-8-6-11(10-17)7-9-12/h2-9H,1H3,(H,18,21). The third kappa shape index (κ3) is 2.35. The lowest BCUT2D eigenvalue weighted by atomic mass is 10.2. The summed E-state index contributed by atoms with van der Waals surface area (Å²) in [5.41, 5.74) is 2.48. The van der Waals surface area contributed by atoms with E-state index in [0.29, 0.717) is 16.9 Å². The maximum absolute atomic E-state index is 12.3. The van der Waals surface area contributed by atoms with Crippen molar-refractivity contribution in [2.45, 2.75) is 0 Å². The zero-order valence-corrected chi connectivity index (χ0v) is 11.4. The third-order valence-electron chi connectivity index (χ3n) is 3.24. The van der Waals surface area contributed by atoms with Gasteiger partial charge in [-0.1, -0.05) is 18.2 Å². The fraction of sp³-hybridized carbons (Fsp3) is 0.0625. The van der Waals surface area contributed by atoms with E-state index in [1.807, 2.05) is 30.3 Å². The van der Waals surface area contributed by atoms with Gasteiger partial charge in [0, 0.05) is 18.1 Å². The number of para-hydroxylation sites is 1. The Morgan fingerprint density at radius 3 is 2.62 bits per heavy atom. The van der Waals surface area contributed by atoms with E-state index in [2.05, 4.69) is 10.4 Å². The SMILES string of the molecule is Cn1nc(C(=O)Nc2ccc(C#N)cc2)c2ccccc21. The molecule has 102 valence electrons. The van der Waals surface area contributed by atoms with Crippen molar-refractivity contribution in [2.24, 2.45) is 7.05 Å². The third-order valence-corrected chi connectivity index (χ3v) is 3.24. The van der Waals surface area contributed by atoms with Crippen LogP contribution in [0, 0.1) is 11.3 Å². The molecule has 2 aromatic carbocycles. The molecule has 1 N–H and O–H groups in total. The zero-order chi connectivity index (χ0) is 14.8. The average Bonchev–Trinajstić information content (AvgIpc) is 2.86. The Balaban J connectivity index is 1.92. The number of nitriles is 1. The molecule has 0 bridgehead atoms. The number of benzene rings is 2. The van der Waals surface area contributed by atoms with Crippen LogP contribution in [0.3, 0.4) is 0 Å². The molecule has 1 amide bonds. The van der Waals surface area contributed by atoms with Gasteiger partial charge in [0.15, 0.2) is 5.69 Å². The van der Waals surface area contributed by atoms with Gasteiger partial charge in [-0.25, -0.2) is 0 Å². The summed E-state index contributed by atoms with van der Waals surface area (Å²) in [6.07, 6.45) is 0. The summed E-state index contributed by atoms with van der Waals surface area (Å²) >= 11 is 0. The van der Waals surface area contributed by atoms with Crippen LogP contribution in [0.25, 0.3) is 10.9 Å². The number of nitrogens with zero attached hydrogens (tertiary/aromatic N) is 3. The van der Waals surface area contributed by atoms with Crippen molar-refractivity contribution < 1.29 is 4.79 Å². The number of aryl methyl sites for hydroxylation is 1. The number of carbonyl (C=O) groups excluding carboxylic acids is 1. The molecule has 21 heavy (non-hydrogen) atoms. The first-order valence-corrected chi connectivity index (χ1v) is 6.42. The minimum Gasteiger partial charge on any atom is -0.321 e. The summed E-state index contributed by atoms with van der Waals surface area (Å²) in [6.45, 7) is 0. The van der Waals surface area contributed by atoms with Crippen LogP contribution in [0.1, 0.15) is 16.1 Å². The molecule has 0 saturated carbocycles. The van der Waals surface area contributed by atoms with Crippen molar-refractivity contribution >= 4 is 22.5 Å². The van der Waals surface area contributed by atoms with Gasteiger partial charge in [-0.15, -0.1) is 0 Å². The van der Waals surface area contributed by atoms with Crippen LogP contribution >= 0.6 is 0 Å². The highest BCUT2D eigenvalue weighted by molar-refractivity contribution is 6.11. The van der Waals surface area contributed by atoms with Gasteiger partial charge in [0.25, 0.3) is 5.91 Å². The van der Waals surface area contributed by atoms with Crippen LogP contribution in [-0.2, 0) is 7.05 Å². The molecule has 0 unspecified atom stereocenters. The van der Waals surface area contributed by atoms with Crippen LogP contribution in [0.15, 0.2) is 48.5 Å². The summed E-state index contributed by atoms with van der Waals surface area (Å²) < 4.78 is 1.68. The molecule has 0 fully saturated rings. The summed E-state index contributed by atoms with van der Waals surface area (Å²) in [5.74, 6) is -0.267. The molecule has 1 heterocycles. The Morgan fingerprint density at radius 1 is 1.19 bits per heavy atom. The van der Waals surface area contributed by atoms with Gasteiger partial charge in [0.05, 0.1) is 17.1 Å². The summed E-state index contributed by atoms with van der Waals surface area (Å²) in [4.78, 5) is 12.3. The Bertz CT molecular complexity index is 856. The number of hydrogen-bond acceptors (Lipinski definition) is 3. The fourth-order valence-electron chi connectivity index (χ4n) is 2.20. The van der Waals surface area contributed by atoms with Gasteiger partial charge in [0.1, 0.15) is 0 Å². The second-order valence-corrected chi connectivity index (χ2v) is 4.63. The highest BCUT2D eigenvalue weighted by Crippen LogP contribution is 2.19. The van der Waals surface area contributed by atoms with Crippen LogP contribution in [0.4, 0.5) is 5.69 Å². The lowest BCUT2D eigenvalue weighted by Crippen LogP contribution is -2.13. The van der Waals surface area contributed by atoms with E-state index in [1.165, 1.54) is 0 Å².